The predicted octanol–water partition coefficient (Wildman–Crippen LogP) is 4.64. The maximum atomic E-state index is 12.3. The first-order chi connectivity index (χ1) is 11.5. The van der Waals surface area contributed by atoms with Crippen molar-refractivity contribution >= 4 is 40.9 Å². The van der Waals surface area contributed by atoms with Crippen LogP contribution in [0, 0.1) is 0 Å². The van der Waals surface area contributed by atoms with E-state index in [9.17, 15) is 9.59 Å². The number of amides is 1. The van der Waals surface area contributed by atoms with Crippen LogP contribution in [0.5, 0.6) is 0 Å². The number of hydrogen-bond donors (Lipinski definition) is 1. The van der Waals surface area contributed by atoms with Gasteiger partial charge in [-0.05, 0) is 44.2 Å². The molecule has 2 rings (SSSR count). The number of carbonyl (C=O) groups excluding carboxylic acids is 2. The van der Waals surface area contributed by atoms with Crippen molar-refractivity contribution in [1.82, 2.24) is 0 Å². The van der Waals surface area contributed by atoms with Gasteiger partial charge in [-0.25, -0.2) is 4.79 Å². The summed E-state index contributed by atoms with van der Waals surface area (Å²) < 4.78 is 4.95. The molecular formula is C18H18ClNO3S. The average molecular weight is 364 g/mol. The largest absolute Gasteiger partial charge is 0.462 e. The van der Waals surface area contributed by atoms with Crippen LogP contribution in [0.2, 0.25) is 5.02 Å². The van der Waals surface area contributed by atoms with Gasteiger partial charge in [-0.1, -0.05) is 29.8 Å². The number of halogens is 1. The molecule has 0 spiro atoms. The zero-order valence-corrected chi connectivity index (χ0v) is 15.0. The molecule has 1 N–H and O–H groups in total. The van der Waals surface area contributed by atoms with Crippen molar-refractivity contribution in [3.63, 3.8) is 0 Å². The molecule has 4 nitrogen and oxygen atoms in total. The van der Waals surface area contributed by atoms with E-state index in [1.165, 1.54) is 17.8 Å². The van der Waals surface area contributed by atoms with Crippen LogP contribution in [0.25, 0.3) is 0 Å². The summed E-state index contributed by atoms with van der Waals surface area (Å²) in [4.78, 5) is 25.2. The third-order valence-corrected chi connectivity index (χ3v) is 4.60. The zero-order valence-electron chi connectivity index (χ0n) is 13.4. The normalized spacial score (nSPS) is 11.6. The highest BCUT2D eigenvalue weighted by Crippen LogP contribution is 2.25. The van der Waals surface area contributed by atoms with Crippen LogP contribution in [-0.2, 0) is 9.53 Å². The first-order valence-electron chi connectivity index (χ1n) is 7.50. The van der Waals surface area contributed by atoms with Crippen LogP contribution in [-0.4, -0.2) is 23.7 Å². The van der Waals surface area contributed by atoms with Crippen molar-refractivity contribution < 1.29 is 14.3 Å². The van der Waals surface area contributed by atoms with E-state index in [2.05, 4.69) is 5.32 Å². The zero-order chi connectivity index (χ0) is 17.5. The third-order valence-electron chi connectivity index (χ3n) is 3.15. The van der Waals surface area contributed by atoms with Gasteiger partial charge in [0.25, 0.3) is 0 Å². The molecule has 1 atom stereocenters. The minimum Gasteiger partial charge on any atom is -0.462 e. The van der Waals surface area contributed by atoms with Gasteiger partial charge in [0.15, 0.2) is 0 Å². The topological polar surface area (TPSA) is 55.4 Å². The standard InChI is InChI=1S/C18H18ClNO3S/c1-3-23-18(22)15-11-13(9-10-16(15)19)20-17(21)12(2)24-14-7-5-4-6-8-14/h4-12H,3H2,1-2H3,(H,20,21)/t12-/m0/s1. The molecule has 0 radical (unpaired) electrons. The highest BCUT2D eigenvalue weighted by molar-refractivity contribution is 8.00. The van der Waals surface area contributed by atoms with Crippen LogP contribution < -0.4 is 5.32 Å². The van der Waals surface area contributed by atoms with Crippen LogP contribution in [0.1, 0.15) is 24.2 Å². The van der Waals surface area contributed by atoms with E-state index < -0.39 is 5.97 Å². The monoisotopic (exact) mass is 363 g/mol. The molecule has 0 aliphatic heterocycles. The van der Waals surface area contributed by atoms with E-state index in [4.69, 9.17) is 16.3 Å². The number of rotatable bonds is 6. The number of esters is 1. The lowest BCUT2D eigenvalue weighted by Crippen LogP contribution is -2.22. The molecule has 0 bridgehead atoms. The maximum absolute atomic E-state index is 12.3. The fourth-order valence-corrected chi connectivity index (χ4v) is 3.05. The number of carbonyl (C=O) groups is 2. The minimum atomic E-state index is -0.509. The molecule has 2 aromatic rings. The summed E-state index contributed by atoms with van der Waals surface area (Å²) in [6.07, 6.45) is 0. The fraction of sp³-hybridized carbons (Fsp3) is 0.222. The molecule has 0 aromatic heterocycles. The van der Waals surface area contributed by atoms with Gasteiger partial charge in [0.05, 0.1) is 22.4 Å². The van der Waals surface area contributed by atoms with Crippen molar-refractivity contribution in [2.75, 3.05) is 11.9 Å². The molecule has 2 aromatic carbocycles. The summed E-state index contributed by atoms with van der Waals surface area (Å²) in [5, 5.41) is 2.81. The Bertz CT molecular complexity index is 721. The second-order valence-corrected chi connectivity index (χ2v) is 6.80. The molecular weight excluding hydrogens is 346 g/mol. The Labute approximate surface area is 150 Å². The van der Waals surface area contributed by atoms with Crippen molar-refractivity contribution in [3.8, 4) is 0 Å². The fourth-order valence-electron chi connectivity index (χ4n) is 1.97. The third kappa shape index (κ3) is 5.01. The molecule has 126 valence electrons. The summed E-state index contributed by atoms with van der Waals surface area (Å²) in [6, 6.07) is 14.4. The van der Waals surface area contributed by atoms with Crippen LogP contribution >= 0.6 is 23.4 Å². The average Bonchev–Trinajstić information content (AvgIpc) is 2.57. The van der Waals surface area contributed by atoms with Crippen LogP contribution in [0.3, 0.4) is 0 Å². The van der Waals surface area contributed by atoms with Crippen LogP contribution in [0.15, 0.2) is 53.4 Å². The van der Waals surface area contributed by atoms with Crippen molar-refractivity contribution in [3.05, 3.63) is 59.1 Å². The molecule has 0 aliphatic rings. The van der Waals surface area contributed by atoms with Gasteiger partial charge in [0.2, 0.25) is 5.91 Å². The second-order valence-electron chi connectivity index (χ2n) is 4.98. The molecule has 0 heterocycles. The molecule has 0 unspecified atom stereocenters. The van der Waals surface area contributed by atoms with Gasteiger partial charge in [-0.3, -0.25) is 4.79 Å². The van der Waals surface area contributed by atoms with Gasteiger partial charge >= 0.3 is 5.97 Å². The molecule has 1 amide bonds. The predicted molar refractivity (Wildman–Crippen MR) is 97.8 cm³/mol. The van der Waals surface area contributed by atoms with E-state index in [0.717, 1.165) is 4.90 Å². The molecule has 0 fully saturated rings. The number of benzene rings is 2. The second kappa shape index (κ2) is 8.76. The van der Waals surface area contributed by atoms with E-state index >= 15 is 0 Å². The number of thioether (sulfide) groups is 1. The van der Waals surface area contributed by atoms with Gasteiger partial charge in [0.1, 0.15) is 0 Å². The van der Waals surface area contributed by atoms with Gasteiger partial charge in [0, 0.05) is 10.6 Å². The molecule has 0 saturated carbocycles. The summed E-state index contributed by atoms with van der Waals surface area (Å²) in [7, 11) is 0. The Kier molecular flexibility index (Phi) is 6.70. The van der Waals surface area contributed by atoms with Crippen LogP contribution in [0.4, 0.5) is 5.69 Å². The Morgan fingerprint density at radius 3 is 2.58 bits per heavy atom. The highest BCUT2D eigenvalue weighted by Gasteiger charge is 2.17. The first kappa shape index (κ1) is 18.4. The Balaban J connectivity index is 2.05. The summed E-state index contributed by atoms with van der Waals surface area (Å²) in [5.41, 5.74) is 0.743. The van der Waals surface area contributed by atoms with E-state index in [0.29, 0.717) is 5.69 Å². The first-order valence-corrected chi connectivity index (χ1v) is 8.76. The van der Waals surface area contributed by atoms with Crippen molar-refractivity contribution in [2.24, 2.45) is 0 Å². The van der Waals surface area contributed by atoms with E-state index in [1.807, 2.05) is 37.3 Å². The lowest BCUT2D eigenvalue weighted by molar-refractivity contribution is -0.115. The summed E-state index contributed by atoms with van der Waals surface area (Å²) >= 11 is 7.48. The Morgan fingerprint density at radius 2 is 1.92 bits per heavy atom. The molecule has 24 heavy (non-hydrogen) atoms. The summed E-state index contributed by atoms with van der Waals surface area (Å²) in [5.74, 6) is -0.661. The Morgan fingerprint density at radius 1 is 1.21 bits per heavy atom. The minimum absolute atomic E-state index is 0.152. The smallest absolute Gasteiger partial charge is 0.339 e. The number of ether oxygens (including phenoxy) is 1. The quantitative estimate of drug-likeness (QED) is 0.600. The Hall–Kier alpha value is -1.98. The maximum Gasteiger partial charge on any atom is 0.339 e. The lowest BCUT2D eigenvalue weighted by Gasteiger charge is -2.13. The summed E-state index contributed by atoms with van der Waals surface area (Å²) in [6.45, 7) is 3.81. The van der Waals surface area contributed by atoms with Crippen molar-refractivity contribution in [2.45, 2.75) is 24.0 Å². The molecule has 0 saturated heterocycles. The number of nitrogens with one attached hydrogen (secondary N) is 1. The lowest BCUT2D eigenvalue weighted by atomic mass is 10.2. The molecule has 0 aliphatic carbocycles. The van der Waals surface area contributed by atoms with E-state index in [-0.39, 0.29) is 28.4 Å². The van der Waals surface area contributed by atoms with Gasteiger partial charge in [-0.15, -0.1) is 11.8 Å². The number of hydrogen-bond acceptors (Lipinski definition) is 4. The SMILES string of the molecule is CCOC(=O)c1cc(NC(=O)[C@H](C)Sc2ccccc2)ccc1Cl. The number of anilines is 1. The van der Waals surface area contributed by atoms with Crippen molar-refractivity contribution in [1.29, 1.82) is 0 Å². The highest BCUT2D eigenvalue weighted by atomic mass is 35.5. The van der Waals surface area contributed by atoms with Gasteiger partial charge in [-0.2, -0.15) is 0 Å². The molecule has 6 heteroatoms. The van der Waals surface area contributed by atoms with E-state index in [1.54, 1.807) is 19.1 Å². The van der Waals surface area contributed by atoms with Gasteiger partial charge < -0.3 is 10.1 Å².